The van der Waals surface area contributed by atoms with Crippen LogP contribution in [0.25, 0.3) is 0 Å². The van der Waals surface area contributed by atoms with Gasteiger partial charge < -0.3 is 38.0 Å². The number of nitrogens with one attached hydrogen (secondary N) is 2. The van der Waals surface area contributed by atoms with E-state index in [9.17, 15) is 19.5 Å². The lowest BCUT2D eigenvalue weighted by molar-refractivity contribution is -0.142. The normalized spacial score (nSPS) is 15.2. The van der Waals surface area contributed by atoms with Crippen molar-refractivity contribution in [2.24, 2.45) is 28.1 Å². The van der Waals surface area contributed by atoms with Crippen LogP contribution < -0.4 is 27.8 Å². The average molecular weight is 374 g/mol. The van der Waals surface area contributed by atoms with E-state index < -0.39 is 42.5 Å². The molecule has 10 N–H and O–H groups in total. The highest BCUT2D eigenvalue weighted by Crippen LogP contribution is 2.09. The molecule has 0 aliphatic carbocycles. The van der Waals surface area contributed by atoms with Gasteiger partial charge in [-0.05, 0) is 18.8 Å². The summed E-state index contributed by atoms with van der Waals surface area (Å²) in [5, 5.41) is 23.1. The molecule has 0 rings (SSSR count). The van der Waals surface area contributed by atoms with E-state index in [2.05, 4.69) is 15.6 Å². The van der Waals surface area contributed by atoms with Crippen LogP contribution in [0.3, 0.4) is 0 Å². The van der Waals surface area contributed by atoms with Gasteiger partial charge in [-0.15, -0.1) is 0 Å². The highest BCUT2D eigenvalue weighted by atomic mass is 16.4. The van der Waals surface area contributed by atoms with E-state index in [1.807, 2.05) is 6.92 Å². The highest BCUT2D eigenvalue weighted by molar-refractivity contribution is 5.92. The van der Waals surface area contributed by atoms with Gasteiger partial charge in [0.05, 0.1) is 6.61 Å². The van der Waals surface area contributed by atoms with Crippen LogP contribution in [0.1, 0.15) is 33.1 Å². The highest BCUT2D eigenvalue weighted by Gasteiger charge is 2.30. The smallest absolute Gasteiger partial charge is 0.326 e. The van der Waals surface area contributed by atoms with Crippen molar-refractivity contribution in [3.63, 3.8) is 0 Å². The first-order chi connectivity index (χ1) is 12.1. The lowest BCUT2D eigenvalue weighted by Crippen LogP contribution is -2.57. The molecule has 0 aliphatic heterocycles. The summed E-state index contributed by atoms with van der Waals surface area (Å²) in [4.78, 5) is 39.5. The topological polar surface area (TPSA) is 206 Å². The van der Waals surface area contributed by atoms with Gasteiger partial charge >= 0.3 is 5.97 Å². The summed E-state index contributed by atoms with van der Waals surface area (Å²) >= 11 is 0. The number of guanidine groups is 1. The average Bonchev–Trinajstić information content (AvgIpc) is 2.59. The van der Waals surface area contributed by atoms with Gasteiger partial charge in [-0.25, -0.2) is 4.79 Å². The Kier molecular flexibility index (Phi) is 10.9. The van der Waals surface area contributed by atoms with Crippen molar-refractivity contribution in [2.45, 2.75) is 51.2 Å². The SMILES string of the molecule is CC[C@H](C)[C@H](NC(=O)[C@@H](N)CO)C(=O)N[C@@H](CCCN=C(N)N)C(=O)O. The molecular formula is C15H30N6O5. The summed E-state index contributed by atoms with van der Waals surface area (Å²) in [7, 11) is 0. The molecule has 0 unspecified atom stereocenters. The summed E-state index contributed by atoms with van der Waals surface area (Å²) in [5.41, 5.74) is 15.8. The van der Waals surface area contributed by atoms with Crippen LogP contribution >= 0.6 is 0 Å². The second-order valence-corrected chi connectivity index (χ2v) is 6.01. The Labute approximate surface area is 152 Å². The molecule has 2 amide bonds. The van der Waals surface area contributed by atoms with Crippen molar-refractivity contribution in [1.82, 2.24) is 10.6 Å². The Morgan fingerprint density at radius 1 is 1.15 bits per heavy atom. The number of amides is 2. The zero-order valence-corrected chi connectivity index (χ0v) is 15.1. The van der Waals surface area contributed by atoms with Crippen molar-refractivity contribution >= 4 is 23.7 Å². The van der Waals surface area contributed by atoms with Crippen LogP contribution in [0.5, 0.6) is 0 Å². The maximum atomic E-state index is 12.5. The molecule has 0 bridgehead atoms. The van der Waals surface area contributed by atoms with Gasteiger partial charge in [-0.3, -0.25) is 14.6 Å². The molecule has 0 radical (unpaired) electrons. The third-order valence-electron chi connectivity index (χ3n) is 3.89. The quantitative estimate of drug-likeness (QED) is 0.110. The molecular weight excluding hydrogens is 344 g/mol. The fourth-order valence-electron chi connectivity index (χ4n) is 2.07. The van der Waals surface area contributed by atoms with E-state index >= 15 is 0 Å². The molecule has 4 atom stereocenters. The molecule has 0 aromatic heterocycles. The van der Waals surface area contributed by atoms with E-state index in [0.29, 0.717) is 12.8 Å². The van der Waals surface area contributed by atoms with Crippen LogP contribution in [0.2, 0.25) is 0 Å². The van der Waals surface area contributed by atoms with Crippen LogP contribution in [0.15, 0.2) is 4.99 Å². The predicted molar refractivity (Wildman–Crippen MR) is 95.9 cm³/mol. The lowest BCUT2D eigenvalue weighted by atomic mass is 9.97. The van der Waals surface area contributed by atoms with Gasteiger partial charge in [0.25, 0.3) is 0 Å². The first kappa shape index (κ1) is 23.6. The number of hydrogen-bond acceptors (Lipinski definition) is 6. The minimum atomic E-state index is -1.20. The number of aliphatic carboxylic acids is 1. The van der Waals surface area contributed by atoms with E-state index in [4.69, 9.17) is 22.3 Å². The minimum absolute atomic E-state index is 0.0966. The van der Waals surface area contributed by atoms with Gasteiger partial charge in [-0.2, -0.15) is 0 Å². The van der Waals surface area contributed by atoms with Gasteiger partial charge in [0.2, 0.25) is 11.8 Å². The van der Waals surface area contributed by atoms with Crippen molar-refractivity contribution in [3.05, 3.63) is 0 Å². The van der Waals surface area contributed by atoms with Crippen LogP contribution in [-0.4, -0.2) is 65.2 Å². The zero-order chi connectivity index (χ0) is 20.3. The monoisotopic (exact) mass is 374 g/mol. The maximum absolute atomic E-state index is 12.5. The second-order valence-electron chi connectivity index (χ2n) is 6.01. The predicted octanol–water partition coefficient (Wildman–Crippen LogP) is -2.54. The number of aliphatic imine (C=N–C) groups is 1. The number of hydrogen-bond donors (Lipinski definition) is 7. The van der Waals surface area contributed by atoms with Crippen LogP contribution in [0.4, 0.5) is 0 Å². The molecule has 150 valence electrons. The van der Waals surface area contributed by atoms with Crippen molar-refractivity contribution < 1.29 is 24.6 Å². The number of nitrogens with two attached hydrogens (primary N) is 3. The Balaban J connectivity index is 4.97. The molecule has 26 heavy (non-hydrogen) atoms. The van der Waals surface area contributed by atoms with Gasteiger partial charge in [0.1, 0.15) is 18.1 Å². The Morgan fingerprint density at radius 2 is 1.77 bits per heavy atom. The number of carboxylic acids is 1. The largest absolute Gasteiger partial charge is 0.480 e. The fraction of sp³-hybridized carbons (Fsp3) is 0.733. The lowest BCUT2D eigenvalue weighted by Gasteiger charge is -2.26. The molecule has 0 heterocycles. The number of carbonyl (C=O) groups excluding carboxylic acids is 2. The first-order valence-electron chi connectivity index (χ1n) is 8.39. The summed E-state index contributed by atoms with van der Waals surface area (Å²) in [5.74, 6) is -2.88. The standard InChI is InChI=1S/C15H30N6O5/c1-3-8(2)11(21-12(23)9(16)7-22)13(24)20-10(14(25)26)5-4-6-19-15(17)18/h8-11,22H,3-7,16H2,1-2H3,(H,20,24)(H,21,23)(H,25,26)(H4,17,18,19)/t8-,9-,10-,11-/m0/s1. The number of aliphatic hydroxyl groups excluding tert-OH is 1. The molecule has 0 saturated carbocycles. The Bertz CT molecular complexity index is 509. The van der Waals surface area contributed by atoms with Crippen molar-refractivity contribution in [3.8, 4) is 0 Å². The summed E-state index contributed by atoms with van der Waals surface area (Å²) < 4.78 is 0. The molecule has 0 aromatic carbocycles. The van der Waals surface area contributed by atoms with Crippen molar-refractivity contribution in [2.75, 3.05) is 13.2 Å². The molecule has 0 spiro atoms. The van der Waals surface area contributed by atoms with Gasteiger partial charge in [0, 0.05) is 6.54 Å². The molecule has 0 fully saturated rings. The second kappa shape index (κ2) is 12.0. The third-order valence-corrected chi connectivity index (χ3v) is 3.89. The van der Waals surface area contributed by atoms with E-state index in [0.717, 1.165) is 0 Å². The molecule has 11 heteroatoms. The number of carbonyl (C=O) groups is 3. The van der Waals surface area contributed by atoms with Crippen LogP contribution in [-0.2, 0) is 14.4 Å². The van der Waals surface area contributed by atoms with Gasteiger partial charge in [-0.1, -0.05) is 20.3 Å². The zero-order valence-electron chi connectivity index (χ0n) is 15.1. The summed E-state index contributed by atoms with van der Waals surface area (Å²) in [6.07, 6.45) is 1.04. The number of nitrogens with zero attached hydrogens (tertiary/aromatic N) is 1. The van der Waals surface area contributed by atoms with Crippen molar-refractivity contribution in [1.29, 1.82) is 0 Å². The molecule has 0 aliphatic rings. The first-order valence-corrected chi connectivity index (χ1v) is 8.39. The summed E-state index contributed by atoms with van der Waals surface area (Å²) in [6, 6.07) is -3.28. The van der Waals surface area contributed by atoms with E-state index in [-0.39, 0.29) is 24.8 Å². The summed E-state index contributed by atoms with van der Waals surface area (Å²) in [6.45, 7) is 3.23. The maximum Gasteiger partial charge on any atom is 0.326 e. The number of aliphatic hydroxyl groups is 1. The third kappa shape index (κ3) is 8.62. The van der Waals surface area contributed by atoms with Crippen LogP contribution in [0, 0.1) is 5.92 Å². The number of rotatable bonds is 12. The molecule has 0 aromatic rings. The van der Waals surface area contributed by atoms with E-state index in [1.54, 1.807) is 6.92 Å². The molecule has 11 nitrogen and oxygen atoms in total. The Hall–Kier alpha value is -2.40. The van der Waals surface area contributed by atoms with Gasteiger partial charge in [0.15, 0.2) is 5.96 Å². The fourth-order valence-corrected chi connectivity index (χ4v) is 2.07. The molecule has 0 saturated heterocycles. The Morgan fingerprint density at radius 3 is 2.23 bits per heavy atom. The minimum Gasteiger partial charge on any atom is -0.480 e. The van der Waals surface area contributed by atoms with E-state index in [1.165, 1.54) is 0 Å². The number of carboxylic acid groups (broad SMARTS) is 1.